The third-order valence-electron chi connectivity index (χ3n) is 3.53. The van der Waals surface area contributed by atoms with Crippen LogP contribution in [0.15, 0.2) is 0 Å². The van der Waals surface area contributed by atoms with Gasteiger partial charge in [0.1, 0.15) is 0 Å². The predicted octanol–water partition coefficient (Wildman–Crippen LogP) is 2.13. The summed E-state index contributed by atoms with van der Waals surface area (Å²) in [4.78, 5) is 11.0. The van der Waals surface area contributed by atoms with Gasteiger partial charge in [0.2, 0.25) is 0 Å². The van der Waals surface area contributed by atoms with Gasteiger partial charge in [0, 0.05) is 0 Å². The van der Waals surface area contributed by atoms with Gasteiger partial charge in [0.25, 0.3) is 0 Å². The molecule has 0 radical (unpaired) electrons. The van der Waals surface area contributed by atoms with Crippen molar-refractivity contribution in [3.63, 3.8) is 0 Å². The van der Waals surface area contributed by atoms with Gasteiger partial charge < -0.3 is 9.84 Å². The van der Waals surface area contributed by atoms with Crippen LogP contribution in [0.2, 0.25) is 0 Å². The minimum absolute atomic E-state index is 0.140. The normalized spacial score (nSPS) is 23.5. The van der Waals surface area contributed by atoms with Gasteiger partial charge in [-0.1, -0.05) is 13.8 Å². The Balaban J connectivity index is 2.36. The van der Waals surface area contributed by atoms with E-state index in [1.165, 1.54) is 7.11 Å². The van der Waals surface area contributed by atoms with Crippen LogP contribution < -0.4 is 0 Å². The van der Waals surface area contributed by atoms with E-state index >= 15 is 0 Å². The van der Waals surface area contributed by atoms with Crippen molar-refractivity contribution in [2.45, 2.75) is 52.1 Å². The van der Waals surface area contributed by atoms with Crippen LogP contribution in [0.3, 0.4) is 0 Å². The van der Waals surface area contributed by atoms with Gasteiger partial charge in [-0.25, -0.2) is 0 Å². The number of methoxy groups -OCH3 is 1. The van der Waals surface area contributed by atoms with Crippen LogP contribution >= 0.6 is 0 Å². The Labute approximate surface area is 91.8 Å². The summed E-state index contributed by atoms with van der Waals surface area (Å²) in [5, 5.41) is 9.84. The molecule has 0 aromatic rings. The number of hydrogen-bond acceptors (Lipinski definition) is 3. The Hall–Kier alpha value is -0.570. The van der Waals surface area contributed by atoms with Crippen molar-refractivity contribution in [3.05, 3.63) is 0 Å². The molecule has 1 saturated carbocycles. The molecule has 0 spiro atoms. The fraction of sp³-hybridized carbons (Fsp3) is 0.917. The van der Waals surface area contributed by atoms with E-state index in [4.69, 9.17) is 0 Å². The minimum atomic E-state index is -0.520. The Morgan fingerprint density at radius 2 is 2.00 bits per heavy atom. The molecule has 0 unspecified atom stereocenters. The Bertz CT molecular complexity index is 213. The lowest BCUT2D eigenvalue weighted by Crippen LogP contribution is -2.30. The number of esters is 1. The summed E-state index contributed by atoms with van der Waals surface area (Å²) in [5.41, 5.74) is 0.404. The van der Waals surface area contributed by atoms with Gasteiger partial charge in [-0.05, 0) is 37.0 Å². The van der Waals surface area contributed by atoms with Crippen LogP contribution in [0.5, 0.6) is 0 Å². The highest BCUT2D eigenvalue weighted by molar-refractivity contribution is 5.69. The monoisotopic (exact) mass is 214 g/mol. The van der Waals surface area contributed by atoms with E-state index in [1.54, 1.807) is 0 Å². The van der Waals surface area contributed by atoms with E-state index in [0.29, 0.717) is 5.41 Å². The van der Waals surface area contributed by atoms with Crippen LogP contribution in [0.25, 0.3) is 0 Å². The molecular formula is C12H22O3. The molecule has 0 aliphatic heterocycles. The number of ether oxygens (including phenoxy) is 1. The van der Waals surface area contributed by atoms with Crippen molar-refractivity contribution >= 4 is 5.97 Å². The highest BCUT2D eigenvalue weighted by Gasteiger charge is 2.31. The molecule has 1 atom stereocenters. The second-order valence-corrected chi connectivity index (χ2v) is 5.35. The quantitative estimate of drug-likeness (QED) is 0.732. The summed E-state index contributed by atoms with van der Waals surface area (Å²) in [7, 11) is 1.36. The van der Waals surface area contributed by atoms with E-state index in [1.807, 2.05) is 0 Å². The van der Waals surface area contributed by atoms with Gasteiger partial charge in [-0.3, -0.25) is 4.79 Å². The van der Waals surface area contributed by atoms with Crippen molar-refractivity contribution in [1.29, 1.82) is 0 Å². The molecule has 1 aliphatic rings. The fourth-order valence-corrected chi connectivity index (χ4v) is 2.23. The largest absolute Gasteiger partial charge is 0.469 e. The topological polar surface area (TPSA) is 46.5 Å². The summed E-state index contributed by atoms with van der Waals surface area (Å²) >= 11 is 0. The smallest absolute Gasteiger partial charge is 0.308 e. The molecule has 1 N–H and O–H groups in total. The lowest BCUT2D eigenvalue weighted by Gasteiger charge is -2.36. The zero-order valence-electron chi connectivity index (χ0n) is 9.95. The molecule has 1 fully saturated rings. The van der Waals surface area contributed by atoms with E-state index in [9.17, 15) is 9.90 Å². The van der Waals surface area contributed by atoms with Crippen molar-refractivity contribution in [2.75, 3.05) is 7.11 Å². The molecule has 3 heteroatoms. The molecule has 0 heterocycles. The standard InChI is InChI=1S/C12H22O3/c1-12(2)6-4-9(5-7-12)10(13)8-11(14)15-3/h9-10,13H,4-8H2,1-3H3/t10-/m0/s1. The Morgan fingerprint density at radius 3 is 2.47 bits per heavy atom. The maximum atomic E-state index is 11.0. The zero-order valence-corrected chi connectivity index (χ0v) is 9.95. The van der Waals surface area contributed by atoms with Crippen LogP contribution in [0.4, 0.5) is 0 Å². The number of carbonyl (C=O) groups is 1. The summed E-state index contributed by atoms with van der Waals surface area (Å²) in [6.45, 7) is 4.52. The van der Waals surface area contributed by atoms with Crippen molar-refractivity contribution < 1.29 is 14.6 Å². The van der Waals surface area contributed by atoms with Crippen molar-refractivity contribution in [3.8, 4) is 0 Å². The van der Waals surface area contributed by atoms with Gasteiger partial charge in [0.05, 0.1) is 19.6 Å². The molecule has 0 bridgehead atoms. The van der Waals surface area contributed by atoms with Crippen LogP contribution in [0.1, 0.15) is 46.0 Å². The van der Waals surface area contributed by atoms with Crippen LogP contribution in [-0.4, -0.2) is 24.3 Å². The number of aliphatic hydroxyl groups is 1. The van der Waals surface area contributed by atoms with Gasteiger partial charge in [-0.2, -0.15) is 0 Å². The average Bonchev–Trinajstić information content (AvgIpc) is 2.17. The molecule has 0 amide bonds. The lowest BCUT2D eigenvalue weighted by atomic mass is 9.71. The molecule has 1 rings (SSSR count). The molecule has 0 aromatic carbocycles. The number of aliphatic hydroxyl groups excluding tert-OH is 1. The molecular weight excluding hydrogens is 192 g/mol. The zero-order chi connectivity index (χ0) is 11.5. The second-order valence-electron chi connectivity index (χ2n) is 5.35. The molecule has 88 valence electrons. The first-order valence-electron chi connectivity index (χ1n) is 5.69. The maximum absolute atomic E-state index is 11.0. The van der Waals surface area contributed by atoms with Crippen molar-refractivity contribution in [1.82, 2.24) is 0 Å². The molecule has 1 aliphatic carbocycles. The number of carbonyl (C=O) groups excluding carboxylic acids is 1. The van der Waals surface area contributed by atoms with Gasteiger partial charge >= 0.3 is 5.97 Å². The first-order valence-corrected chi connectivity index (χ1v) is 5.69. The predicted molar refractivity (Wildman–Crippen MR) is 58.4 cm³/mol. The first-order chi connectivity index (χ1) is 6.94. The van der Waals surface area contributed by atoms with Gasteiger partial charge in [0.15, 0.2) is 0 Å². The third kappa shape index (κ3) is 3.82. The molecule has 0 aromatic heterocycles. The van der Waals surface area contributed by atoms with Gasteiger partial charge in [-0.15, -0.1) is 0 Å². The minimum Gasteiger partial charge on any atom is -0.469 e. The second kappa shape index (κ2) is 4.97. The summed E-state index contributed by atoms with van der Waals surface area (Å²) in [5.74, 6) is -0.0375. The molecule has 3 nitrogen and oxygen atoms in total. The maximum Gasteiger partial charge on any atom is 0.308 e. The third-order valence-corrected chi connectivity index (χ3v) is 3.53. The van der Waals surface area contributed by atoms with E-state index in [2.05, 4.69) is 18.6 Å². The van der Waals surface area contributed by atoms with Crippen molar-refractivity contribution in [2.24, 2.45) is 11.3 Å². The lowest BCUT2D eigenvalue weighted by molar-refractivity contribution is -0.143. The fourth-order valence-electron chi connectivity index (χ4n) is 2.23. The summed E-state index contributed by atoms with van der Waals surface area (Å²) in [6, 6.07) is 0. The van der Waals surface area contributed by atoms with E-state index in [-0.39, 0.29) is 18.3 Å². The summed E-state index contributed by atoms with van der Waals surface area (Å²) < 4.78 is 4.55. The average molecular weight is 214 g/mol. The highest BCUT2D eigenvalue weighted by Crippen LogP contribution is 2.39. The highest BCUT2D eigenvalue weighted by atomic mass is 16.5. The Kier molecular flexibility index (Phi) is 4.14. The van der Waals surface area contributed by atoms with Crippen LogP contribution in [-0.2, 0) is 9.53 Å². The SMILES string of the molecule is COC(=O)C[C@H](O)C1CCC(C)(C)CC1. The summed E-state index contributed by atoms with van der Waals surface area (Å²) in [6.07, 6.45) is 3.93. The number of hydrogen-bond donors (Lipinski definition) is 1. The molecule has 0 saturated heterocycles. The number of rotatable bonds is 3. The Morgan fingerprint density at radius 1 is 1.47 bits per heavy atom. The van der Waals surface area contributed by atoms with E-state index < -0.39 is 6.10 Å². The first kappa shape index (κ1) is 12.5. The van der Waals surface area contributed by atoms with Crippen LogP contribution in [0, 0.1) is 11.3 Å². The van der Waals surface area contributed by atoms with E-state index in [0.717, 1.165) is 25.7 Å². The molecule has 15 heavy (non-hydrogen) atoms.